The molecule has 4 aromatic rings. The van der Waals surface area contributed by atoms with E-state index in [0.29, 0.717) is 0 Å². The zero-order valence-electron chi connectivity index (χ0n) is 16.3. The number of amides is 1. The van der Waals surface area contributed by atoms with E-state index in [1.54, 1.807) is 11.8 Å². The highest BCUT2D eigenvalue weighted by Gasteiger charge is 2.19. The van der Waals surface area contributed by atoms with Crippen molar-refractivity contribution in [1.82, 2.24) is 19.5 Å². The Labute approximate surface area is 173 Å². The lowest BCUT2D eigenvalue weighted by molar-refractivity contribution is 0.0793. The molecule has 1 amide bonds. The average molecular weight is 403 g/mol. The maximum atomic E-state index is 12.5. The van der Waals surface area contributed by atoms with Gasteiger partial charge < -0.3 is 4.90 Å². The molecule has 0 saturated carbocycles. The predicted molar refractivity (Wildman–Crippen MR) is 116 cm³/mol. The molecule has 6 heteroatoms. The summed E-state index contributed by atoms with van der Waals surface area (Å²) in [5, 5.41) is 10.9. The van der Waals surface area contributed by atoms with Gasteiger partial charge in [-0.1, -0.05) is 42.1 Å². The van der Waals surface area contributed by atoms with Crippen LogP contribution in [-0.2, 0) is 5.75 Å². The van der Waals surface area contributed by atoms with Crippen LogP contribution in [-0.4, -0.2) is 38.5 Å². The maximum absolute atomic E-state index is 12.5. The first kappa shape index (κ1) is 18.2. The zero-order valence-corrected chi connectivity index (χ0v) is 17.2. The summed E-state index contributed by atoms with van der Waals surface area (Å²) < 4.78 is 2.12. The third kappa shape index (κ3) is 3.38. The second-order valence-corrected chi connectivity index (χ2v) is 8.45. The van der Waals surface area contributed by atoms with E-state index >= 15 is 0 Å². The molecular formula is C23H22N4OS. The summed E-state index contributed by atoms with van der Waals surface area (Å²) >= 11 is 1.66. The summed E-state index contributed by atoms with van der Waals surface area (Å²) in [6.07, 6.45) is 2.22. The van der Waals surface area contributed by atoms with Gasteiger partial charge in [0, 0.05) is 29.8 Å². The van der Waals surface area contributed by atoms with Crippen molar-refractivity contribution in [2.45, 2.75) is 30.7 Å². The van der Waals surface area contributed by atoms with Crippen LogP contribution in [0.15, 0.2) is 59.8 Å². The van der Waals surface area contributed by atoms with Crippen LogP contribution >= 0.6 is 11.8 Å². The molecule has 0 aliphatic carbocycles. The van der Waals surface area contributed by atoms with Gasteiger partial charge in [0.15, 0.2) is 10.8 Å². The van der Waals surface area contributed by atoms with Gasteiger partial charge in [-0.15, -0.1) is 10.2 Å². The molecule has 5 rings (SSSR count). The second kappa shape index (κ2) is 7.52. The van der Waals surface area contributed by atoms with Crippen LogP contribution in [0.1, 0.15) is 34.3 Å². The summed E-state index contributed by atoms with van der Waals surface area (Å²) in [6.45, 7) is 3.86. The molecule has 2 aromatic carbocycles. The molecule has 1 aliphatic rings. The van der Waals surface area contributed by atoms with E-state index in [2.05, 4.69) is 45.8 Å². The highest BCUT2D eigenvalue weighted by Crippen LogP contribution is 2.27. The third-order valence-corrected chi connectivity index (χ3v) is 6.54. The summed E-state index contributed by atoms with van der Waals surface area (Å²) in [6, 6.07) is 18.4. The molecule has 0 atom stereocenters. The Hall–Kier alpha value is -2.86. The second-order valence-electron chi connectivity index (χ2n) is 7.51. The van der Waals surface area contributed by atoms with Crippen molar-refractivity contribution in [3.05, 3.63) is 71.3 Å². The van der Waals surface area contributed by atoms with Gasteiger partial charge in [0.1, 0.15) is 0 Å². The Morgan fingerprint density at radius 2 is 1.79 bits per heavy atom. The Kier molecular flexibility index (Phi) is 4.72. The van der Waals surface area contributed by atoms with Gasteiger partial charge in [0.25, 0.3) is 5.91 Å². The van der Waals surface area contributed by atoms with E-state index in [9.17, 15) is 4.79 Å². The van der Waals surface area contributed by atoms with Crippen LogP contribution in [0, 0.1) is 6.92 Å². The van der Waals surface area contributed by atoms with E-state index in [1.807, 2.05) is 35.2 Å². The van der Waals surface area contributed by atoms with Crippen LogP contribution in [0.5, 0.6) is 0 Å². The molecule has 0 N–H and O–H groups in total. The predicted octanol–water partition coefficient (Wildman–Crippen LogP) is 4.72. The number of aryl methyl sites for hydroxylation is 1. The number of thioether (sulfide) groups is 1. The Bertz CT molecular complexity index is 1190. The Morgan fingerprint density at radius 1 is 1.03 bits per heavy atom. The number of nitrogens with zero attached hydrogens (tertiary/aromatic N) is 4. The lowest BCUT2D eigenvalue weighted by atomic mass is 10.1. The van der Waals surface area contributed by atoms with E-state index < -0.39 is 0 Å². The van der Waals surface area contributed by atoms with Gasteiger partial charge in [-0.3, -0.25) is 9.20 Å². The normalized spacial score (nSPS) is 14.2. The number of fused-ring (bicyclic) bond motifs is 3. The van der Waals surface area contributed by atoms with Crippen molar-refractivity contribution >= 4 is 34.2 Å². The molecule has 0 unspecified atom stereocenters. The third-order valence-electron chi connectivity index (χ3n) is 5.54. The van der Waals surface area contributed by atoms with Crippen molar-refractivity contribution in [1.29, 1.82) is 0 Å². The van der Waals surface area contributed by atoms with Gasteiger partial charge in [-0.05, 0) is 55.2 Å². The molecule has 29 heavy (non-hydrogen) atoms. The number of hydrogen-bond acceptors (Lipinski definition) is 4. The number of benzene rings is 2. The van der Waals surface area contributed by atoms with Crippen molar-refractivity contribution < 1.29 is 4.79 Å². The number of hydrogen-bond donors (Lipinski definition) is 0. The number of likely N-dealkylation sites (tertiary alicyclic amines) is 1. The maximum Gasteiger partial charge on any atom is 0.253 e. The molecule has 1 aliphatic heterocycles. The molecule has 0 bridgehead atoms. The molecule has 3 heterocycles. The van der Waals surface area contributed by atoms with Gasteiger partial charge >= 0.3 is 0 Å². The van der Waals surface area contributed by atoms with Gasteiger partial charge in [-0.2, -0.15) is 0 Å². The van der Waals surface area contributed by atoms with Crippen molar-refractivity contribution in [3.8, 4) is 0 Å². The first-order valence-electron chi connectivity index (χ1n) is 9.95. The zero-order chi connectivity index (χ0) is 19.8. The van der Waals surface area contributed by atoms with Gasteiger partial charge in [-0.25, -0.2) is 0 Å². The quantitative estimate of drug-likeness (QED) is 0.464. The smallest absolute Gasteiger partial charge is 0.253 e. The standard InChI is InChI=1S/C23H22N4OS/c1-16-14-21-24-25-23(27(21)20-7-3-2-6-19(16)20)29-15-17-8-10-18(11-9-17)22(28)26-12-4-5-13-26/h2-3,6-11,14H,4-5,12-13,15H2,1H3. The average Bonchev–Trinajstić information content (AvgIpc) is 3.43. The number of rotatable bonds is 4. The SMILES string of the molecule is Cc1cc2nnc(SCc3ccc(C(=O)N4CCCC4)cc3)n2c2ccccc12. The van der Waals surface area contributed by atoms with Crippen molar-refractivity contribution in [3.63, 3.8) is 0 Å². The first-order valence-corrected chi connectivity index (χ1v) is 10.9. The molecule has 0 radical (unpaired) electrons. The van der Waals surface area contributed by atoms with E-state index in [-0.39, 0.29) is 5.91 Å². The fourth-order valence-corrected chi connectivity index (χ4v) is 4.87. The van der Waals surface area contributed by atoms with E-state index in [0.717, 1.165) is 53.6 Å². The summed E-state index contributed by atoms with van der Waals surface area (Å²) in [5.41, 5.74) is 5.14. The molecular weight excluding hydrogens is 380 g/mol. The number of carbonyl (C=O) groups is 1. The summed E-state index contributed by atoms with van der Waals surface area (Å²) in [4.78, 5) is 14.4. The van der Waals surface area contributed by atoms with Crippen molar-refractivity contribution in [2.75, 3.05) is 13.1 Å². The topological polar surface area (TPSA) is 50.5 Å². The summed E-state index contributed by atoms with van der Waals surface area (Å²) in [5.74, 6) is 0.924. The van der Waals surface area contributed by atoms with Gasteiger partial charge in [0.2, 0.25) is 0 Å². The van der Waals surface area contributed by atoms with Crippen LogP contribution in [0.2, 0.25) is 0 Å². The monoisotopic (exact) mass is 402 g/mol. The molecule has 5 nitrogen and oxygen atoms in total. The molecule has 0 spiro atoms. The highest BCUT2D eigenvalue weighted by atomic mass is 32.2. The molecule has 1 fully saturated rings. The number of para-hydroxylation sites is 1. The molecule has 146 valence electrons. The lowest BCUT2D eigenvalue weighted by Crippen LogP contribution is -2.27. The van der Waals surface area contributed by atoms with E-state index in [4.69, 9.17) is 0 Å². The van der Waals surface area contributed by atoms with Crippen LogP contribution in [0.3, 0.4) is 0 Å². The Balaban J connectivity index is 1.37. The number of pyridine rings is 1. The fourth-order valence-electron chi connectivity index (χ4n) is 3.96. The van der Waals surface area contributed by atoms with Crippen molar-refractivity contribution in [2.24, 2.45) is 0 Å². The minimum absolute atomic E-state index is 0.145. The van der Waals surface area contributed by atoms with E-state index in [1.165, 1.54) is 16.5 Å². The lowest BCUT2D eigenvalue weighted by Gasteiger charge is -2.15. The highest BCUT2D eigenvalue weighted by molar-refractivity contribution is 7.98. The largest absolute Gasteiger partial charge is 0.339 e. The minimum Gasteiger partial charge on any atom is -0.339 e. The first-order chi connectivity index (χ1) is 14.2. The van der Waals surface area contributed by atoms with Crippen LogP contribution < -0.4 is 0 Å². The number of aromatic nitrogens is 3. The summed E-state index contributed by atoms with van der Waals surface area (Å²) in [7, 11) is 0. The van der Waals surface area contributed by atoms with Gasteiger partial charge in [0.05, 0.1) is 5.52 Å². The molecule has 2 aromatic heterocycles. The van der Waals surface area contributed by atoms with Crippen LogP contribution in [0.25, 0.3) is 16.6 Å². The molecule has 1 saturated heterocycles. The van der Waals surface area contributed by atoms with Crippen LogP contribution in [0.4, 0.5) is 0 Å². The fraction of sp³-hybridized carbons (Fsp3) is 0.261. The minimum atomic E-state index is 0.145. The number of carbonyl (C=O) groups excluding carboxylic acids is 1. The Morgan fingerprint density at radius 3 is 2.59 bits per heavy atom.